The zero-order valence-corrected chi connectivity index (χ0v) is 11.5. The Bertz CT molecular complexity index is 748. The minimum Gasteiger partial charge on any atom is -0.492 e. The highest BCUT2D eigenvalue weighted by Crippen LogP contribution is 2.38. The molecule has 18 heavy (non-hydrogen) atoms. The van der Waals surface area contributed by atoms with Crippen LogP contribution in [0, 0.1) is 19.3 Å². The summed E-state index contributed by atoms with van der Waals surface area (Å²) >= 11 is 3.41. The average molecular weight is 273 g/mol. The molecule has 4 heteroatoms. The summed E-state index contributed by atoms with van der Waals surface area (Å²) in [6.07, 6.45) is 5.87. The quantitative estimate of drug-likeness (QED) is 0.526. The van der Waals surface area contributed by atoms with Gasteiger partial charge in [-0.2, -0.15) is 0 Å². The fourth-order valence-corrected chi connectivity index (χ4v) is 3.76. The maximum atomic E-state index is 5.78. The zero-order valence-electron chi connectivity index (χ0n) is 9.90. The predicted octanol–water partition coefficient (Wildman–Crippen LogP) is 4.22. The molecule has 0 bridgehead atoms. The number of hydrogen-bond acceptors (Lipinski definition) is 4. The minimum absolute atomic E-state index is 0.560. The SMILES string of the molecule is C#CCCOc1cc2sc(C)nc2c2sccc12. The topological polar surface area (TPSA) is 22.1 Å². The van der Waals surface area contributed by atoms with Crippen LogP contribution in [-0.2, 0) is 0 Å². The number of aryl methyl sites for hydroxylation is 1. The molecule has 0 atom stereocenters. The molecule has 0 saturated heterocycles. The third-order valence-corrected chi connectivity index (χ3v) is 4.51. The van der Waals surface area contributed by atoms with E-state index in [1.165, 1.54) is 9.40 Å². The van der Waals surface area contributed by atoms with Crippen LogP contribution in [0.5, 0.6) is 5.75 Å². The molecule has 0 saturated carbocycles. The van der Waals surface area contributed by atoms with Gasteiger partial charge >= 0.3 is 0 Å². The van der Waals surface area contributed by atoms with Crippen molar-refractivity contribution in [1.82, 2.24) is 4.98 Å². The molecule has 3 rings (SSSR count). The summed E-state index contributed by atoms with van der Waals surface area (Å²) in [7, 11) is 0. The summed E-state index contributed by atoms with van der Waals surface area (Å²) in [6.45, 7) is 2.59. The highest BCUT2D eigenvalue weighted by Gasteiger charge is 2.12. The molecular formula is C14H11NOS2. The molecule has 0 unspecified atom stereocenters. The second-order valence-electron chi connectivity index (χ2n) is 3.92. The number of rotatable bonds is 3. The molecule has 2 heterocycles. The van der Waals surface area contributed by atoms with E-state index in [1.54, 1.807) is 22.7 Å². The number of terminal acetylenes is 1. The van der Waals surface area contributed by atoms with Crippen LogP contribution >= 0.6 is 22.7 Å². The summed E-state index contributed by atoms with van der Waals surface area (Å²) in [5.74, 6) is 3.50. The van der Waals surface area contributed by atoms with Gasteiger partial charge in [-0.25, -0.2) is 4.98 Å². The zero-order chi connectivity index (χ0) is 12.5. The van der Waals surface area contributed by atoms with Gasteiger partial charge in [-0.3, -0.25) is 0 Å². The summed E-state index contributed by atoms with van der Waals surface area (Å²) in [6, 6.07) is 4.16. The largest absolute Gasteiger partial charge is 0.492 e. The monoisotopic (exact) mass is 273 g/mol. The van der Waals surface area contributed by atoms with Crippen LogP contribution in [-0.4, -0.2) is 11.6 Å². The lowest BCUT2D eigenvalue weighted by molar-refractivity contribution is 0.331. The van der Waals surface area contributed by atoms with E-state index in [9.17, 15) is 0 Å². The maximum Gasteiger partial charge on any atom is 0.129 e. The minimum atomic E-state index is 0.560. The average Bonchev–Trinajstić information content (AvgIpc) is 2.94. The van der Waals surface area contributed by atoms with Crippen LogP contribution in [0.1, 0.15) is 11.4 Å². The first-order chi connectivity index (χ1) is 8.79. The molecule has 0 spiro atoms. The standard InChI is InChI=1S/C14H11NOS2/c1-3-4-6-16-11-8-12-13(15-9(2)18-12)14-10(11)5-7-17-14/h1,5,7-8H,4,6H2,2H3. The molecule has 0 aliphatic heterocycles. The number of aromatic nitrogens is 1. The van der Waals surface area contributed by atoms with Gasteiger partial charge in [0.2, 0.25) is 0 Å². The van der Waals surface area contributed by atoms with E-state index >= 15 is 0 Å². The molecule has 2 aromatic heterocycles. The Morgan fingerprint density at radius 2 is 2.39 bits per heavy atom. The van der Waals surface area contributed by atoms with Gasteiger partial charge in [0.15, 0.2) is 0 Å². The normalized spacial score (nSPS) is 10.9. The predicted molar refractivity (Wildman–Crippen MR) is 78.7 cm³/mol. The summed E-state index contributed by atoms with van der Waals surface area (Å²) in [5, 5.41) is 4.29. The van der Waals surface area contributed by atoms with Gasteiger partial charge in [-0.1, -0.05) is 0 Å². The fraction of sp³-hybridized carbons (Fsp3) is 0.214. The highest BCUT2D eigenvalue weighted by atomic mass is 32.1. The van der Waals surface area contributed by atoms with Gasteiger partial charge < -0.3 is 4.74 Å². The van der Waals surface area contributed by atoms with Crippen molar-refractivity contribution in [3.05, 3.63) is 22.5 Å². The third-order valence-electron chi connectivity index (χ3n) is 2.67. The Hall–Kier alpha value is -1.57. The number of nitrogens with zero attached hydrogens (tertiary/aromatic N) is 1. The number of fused-ring (bicyclic) bond motifs is 3. The van der Waals surface area contributed by atoms with E-state index in [4.69, 9.17) is 11.2 Å². The van der Waals surface area contributed by atoms with Crippen LogP contribution in [0.4, 0.5) is 0 Å². The smallest absolute Gasteiger partial charge is 0.129 e. The Labute approximate surface area is 113 Å². The maximum absolute atomic E-state index is 5.78. The molecule has 0 aliphatic carbocycles. The first-order valence-corrected chi connectivity index (χ1v) is 7.33. The summed E-state index contributed by atoms with van der Waals surface area (Å²) < 4.78 is 8.16. The van der Waals surface area contributed by atoms with E-state index < -0.39 is 0 Å². The van der Waals surface area contributed by atoms with E-state index in [0.29, 0.717) is 13.0 Å². The van der Waals surface area contributed by atoms with Crippen LogP contribution in [0.25, 0.3) is 20.3 Å². The van der Waals surface area contributed by atoms with Gasteiger partial charge in [-0.05, 0) is 18.4 Å². The molecule has 2 nitrogen and oxygen atoms in total. The van der Waals surface area contributed by atoms with Gasteiger partial charge in [0.25, 0.3) is 0 Å². The molecule has 0 N–H and O–H groups in total. The van der Waals surface area contributed by atoms with Crippen molar-refractivity contribution in [2.75, 3.05) is 6.61 Å². The molecule has 0 fully saturated rings. The molecule has 90 valence electrons. The van der Waals surface area contributed by atoms with Crippen molar-refractivity contribution >= 4 is 43.0 Å². The number of ether oxygens (including phenoxy) is 1. The van der Waals surface area contributed by atoms with Crippen LogP contribution in [0.3, 0.4) is 0 Å². The molecule has 0 amide bonds. The van der Waals surface area contributed by atoms with Crippen molar-refractivity contribution < 1.29 is 4.74 Å². The molecular weight excluding hydrogens is 262 g/mol. The van der Waals surface area contributed by atoms with Gasteiger partial charge in [0.05, 0.1) is 26.5 Å². The van der Waals surface area contributed by atoms with Gasteiger partial charge in [-0.15, -0.1) is 35.0 Å². The lowest BCUT2D eigenvalue weighted by Crippen LogP contribution is -1.95. The number of hydrogen-bond donors (Lipinski definition) is 0. The van der Waals surface area contributed by atoms with Crippen molar-refractivity contribution in [3.63, 3.8) is 0 Å². The molecule has 1 aromatic carbocycles. The number of thiazole rings is 1. The van der Waals surface area contributed by atoms with Crippen LogP contribution < -0.4 is 4.74 Å². The summed E-state index contributed by atoms with van der Waals surface area (Å²) in [4.78, 5) is 4.59. The lowest BCUT2D eigenvalue weighted by atomic mass is 10.2. The Balaban J connectivity index is 2.16. The first kappa shape index (κ1) is 11.5. The molecule has 3 aromatic rings. The van der Waals surface area contributed by atoms with Crippen LogP contribution in [0.2, 0.25) is 0 Å². The fourth-order valence-electron chi connectivity index (χ4n) is 1.93. The van der Waals surface area contributed by atoms with Gasteiger partial charge in [0.1, 0.15) is 5.75 Å². The second kappa shape index (κ2) is 4.60. The Morgan fingerprint density at radius 3 is 3.22 bits per heavy atom. The summed E-state index contributed by atoms with van der Waals surface area (Å²) in [5.41, 5.74) is 1.09. The number of thiophene rings is 1. The van der Waals surface area contributed by atoms with Crippen molar-refractivity contribution in [1.29, 1.82) is 0 Å². The second-order valence-corrected chi connectivity index (χ2v) is 6.07. The van der Waals surface area contributed by atoms with Gasteiger partial charge in [0, 0.05) is 17.9 Å². The van der Waals surface area contributed by atoms with Crippen LogP contribution in [0.15, 0.2) is 17.5 Å². The van der Waals surface area contributed by atoms with E-state index in [0.717, 1.165) is 21.7 Å². The Kier molecular flexibility index (Phi) is 2.94. The van der Waals surface area contributed by atoms with E-state index in [-0.39, 0.29) is 0 Å². The van der Waals surface area contributed by atoms with Crippen molar-refractivity contribution in [3.8, 4) is 18.1 Å². The molecule has 0 aliphatic rings. The van der Waals surface area contributed by atoms with E-state index in [2.05, 4.69) is 28.4 Å². The van der Waals surface area contributed by atoms with E-state index in [1.807, 2.05) is 6.92 Å². The van der Waals surface area contributed by atoms with Crippen molar-refractivity contribution in [2.45, 2.75) is 13.3 Å². The number of benzene rings is 1. The third kappa shape index (κ3) is 1.86. The molecule has 0 radical (unpaired) electrons. The van der Waals surface area contributed by atoms with Crippen molar-refractivity contribution in [2.24, 2.45) is 0 Å². The highest BCUT2D eigenvalue weighted by molar-refractivity contribution is 7.21. The Morgan fingerprint density at radius 1 is 1.50 bits per heavy atom. The first-order valence-electron chi connectivity index (χ1n) is 5.63. The lowest BCUT2D eigenvalue weighted by Gasteiger charge is -2.05.